The molecule has 0 spiro atoms. The SMILES string of the molecule is COC(=O)[C@H](N)c1cccc(C)c1.Cl. The van der Waals surface area contributed by atoms with E-state index in [-0.39, 0.29) is 12.4 Å². The van der Waals surface area contributed by atoms with Crippen molar-refractivity contribution in [2.45, 2.75) is 13.0 Å². The number of carbonyl (C=O) groups excluding carboxylic acids is 1. The third-order valence-corrected chi connectivity index (χ3v) is 1.86. The van der Waals surface area contributed by atoms with E-state index in [9.17, 15) is 4.79 Å². The molecule has 0 aliphatic heterocycles. The van der Waals surface area contributed by atoms with Gasteiger partial charge in [0, 0.05) is 0 Å². The topological polar surface area (TPSA) is 52.3 Å². The number of ether oxygens (including phenoxy) is 1. The fourth-order valence-electron chi connectivity index (χ4n) is 1.13. The lowest BCUT2D eigenvalue weighted by Gasteiger charge is -2.09. The Balaban J connectivity index is 0.00000169. The van der Waals surface area contributed by atoms with Crippen molar-refractivity contribution in [1.29, 1.82) is 0 Å². The van der Waals surface area contributed by atoms with Crippen molar-refractivity contribution in [1.82, 2.24) is 0 Å². The molecule has 0 fully saturated rings. The van der Waals surface area contributed by atoms with Crippen LogP contribution in [0.4, 0.5) is 0 Å². The van der Waals surface area contributed by atoms with Gasteiger partial charge in [-0.15, -0.1) is 12.4 Å². The lowest BCUT2D eigenvalue weighted by molar-refractivity contribution is -0.142. The van der Waals surface area contributed by atoms with Gasteiger partial charge in [-0.2, -0.15) is 0 Å². The van der Waals surface area contributed by atoms with E-state index in [4.69, 9.17) is 5.73 Å². The zero-order valence-electron chi connectivity index (χ0n) is 8.19. The van der Waals surface area contributed by atoms with Crippen molar-refractivity contribution in [3.8, 4) is 0 Å². The molecule has 0 radical (unpaired) electrons. The van der Waals surface area contributed by atoms with Crippen LogP contribution >= 0.6 is 12.4 Å². The Hall–Kier alpha value is -1.06. The number of hydrogen-bond acceptors (Lipinski definition) is 3. The third-order valence-electron chi connectivity index (χ3n) is 1.86. The van der Waals surface area contributed by atoms with Crippen LogP contribution in [0.15, 0.2) is 24.3 Å². The Morgan fingerprint density at radius 2 is 2.14 bits per heavy atom. The molecule has 4 heteroatoms. The summed E-state index contributed by atoms with van der Waals surface area (Å²) in [6.45, 7) is 1.95. The van der Waals surface area contributed by atoms with Crippen molar-refractivity contribution in [3.05, 3.63) is 35.4 Å². The molecule has 3 nitrogen and oxygen atoms in total. The van der Waals surface area contributed by atoms with E-state index in [1.807, 2.05) is 31.2 Å². The number of carbonyl (C=O) groups is 1. The average molecular weight is 216 g/mol. The van der Waals surface area contributed by atoms with Crippen molar-refractivity contribution in [2.24, 2.45) is 5.73 Å². The minimum absolute atomic E-state index is 0. The number of benzene rings is 1. The van der Waals surface area contributed by atoms with Crippen LogP contribution in [0.2, 0.25) is 0 Å². The molecule has 14 heavy (non-hydrogen) atoms. The molecule has 78 valence electrons. The highest BCUT2D eigenvalue weighted by molar-refractivity contribution is 5.85. The molecule has 0 unspecified atom stereocenters. The van der Waals surface area contributed by atoms with Gasteiger partial charge in [0.25, 0.3) is 0 Å². The van der Waals surface area contributed by atoms with E-state index >= 15 is 0 Å². The minimum Gasteiger partial charge on any atom is -0.468 e. The van der Waals surface area contributed by atoms with Crippen LogP contribution in [0, 0.1) is 6.92 Å². The monoisotopic (exact) mass is 215 g/mol. The van der Waals surface area contributed by atoms with Crippen LogP contribution in [0.3, 0.4) is 0 Å². The molecule has 1 rings (SSSR count). The van der Waals surface area contributed by atoms with E-state index in [0.29, 0.717) is 0 Å². The number of methoxy groups -OCH3 is 1. The summed E-state index contributed by atoms with van der Waals surface area (Å²) >= 11 is 0. The van der Waals surface area contributed by atoms with E-state index in [0.717, 1.165) is 11.1 Å². The molecule has 0 heterocycles. The first-order valence-electron chi connectivity index (χ1n) is 4.05. The summed E-state index contributed by atoms with van der Waals surface area (Å²) in [5, 5.41) is 0. The number of esters is 1. The van der Waals surface area contributed by atoms with E-state index < -0.39 is 12.0 Å². The predicted molar refractivity (Wildman–Crippen MR) is 57.4 cm³/mol. The summed E-state index contributed by atoms with van der Waals surface area (Å²) < 4.78 is 4.54. The van der Waals surface area contributed by atoms with Crippen LogP contribution in [0.1, 0.15) is 17.2 Å². The quantitative estimate of drug-likeness (QED) is 0.763. The Morgan fingerprint density at radius 3 is 2.64 bits per heavy atom. The summed E-state index contributed by atoms with van der Waals surface area (Å²) in [6.07, 6.45) is 0. The second-order valence-electron chi connectivity index (χ2n) is 2.91. The lowest BCUT2D eigenvalue weighted by atomic mass is 10.1. The Morgan fingerprint density at radius 1 is 1.50 bits per heavy atom. The number of halogens is 1. The highest BCUT2D eigenvalue weighted by Crippen LogP contribution is 2.12. The highest BCUT2D eigenvalue weighted by Gasteiger charge is 2.15. The van der Waals surface area contributed by atoms with Gasteiger partial charge < -0.3 is 10.5 Å². The van der Waals surface area contributed by atoms with Crippen molar-refractivity contribution in [3.63, 3.8) is 0 Å². The number of hydrogen-bond donors (Lipinski definition) is 1. The zero-order valence-corrected chi connectivity index (χ0v) is 9.01. The van der Waals surface area contributed by atoms with Crippen LogP contribution in [0.5, 0.6) is 0 Å². The fourth-order valence-corrected chi connectivity index (χ4v) is 1.13. The maximum Gasteiger partial charge on any atom is 0.327 e. The van der Waals surface area contributed by atoms with Gasteiger partial charge >= 0.3 is 5.97 Å². The first-order chi connectivity index (χ1) is 6.15. The van der Waals surface area contributed by atoms with Gasteiger partial charge in [0.1, 0.15) is 6.04 Å². The van der Waals surface area contributed by atoms with Gasteiger partial charge in [-0.25, -0.2) is 0 Å². The zero-order chi connectivity index (χ0) is 9.84. The second kappa shape index (κ2) is 5.62. The fraction of sp³-hybridized carbons (Fsp3) is 0.300. The smallest absolute Gasteiger partial charge is 0.327 e. The first-order valence-corrected chi connectivity index (χ1v) is 4.05. The molecule has 1 aromatic carbocycles. The van der Waals surface area contributed by atoms with Gasteiger partial charge in [0.2, 0.25) is 0 Å². The molecule has 0 amide bonds. The Kier molecular flexibility index (Phi) is 5.20. The molecule has 0 bridgehead atoms. The third kappa shape index (κ3) is 3.01. The minimum atomic E-state index is -0.676. The molecule has 0 saturated carbocycles. The Bertz CT molecular complexity index is 315. The molecule has 2 N–H and O–H groups in total. The van der Waals surface area contributed by atoms with Gasteiger partial charge in [0.15, 0.2) is 0 Å². The molecular formula is C10H14ClNO2. The van der Waals surface area contributed by atoms with E-state index in [1.54, 1.807) is 0 Å². The normalized spacial score (nSPS) is 11.4. The molecule has 1 aromatic rings. The van der Waals surface area contributed by atoms with E-state index in [1.165, 1.54) is 7.11 Å². The molecule has 0 aliphatic carbocycles. The molecule has 0 saturated heterocycles. The maximum absolute atomic E-state index is 11.1. The molecular weight excluding hydrogens is 202 g/mol. The van der Waals surface area contributed by atoms with Crippen molar-refractivity contribution >= 4 is 18.4 Å². The van der Waals surface area contributed by atoms with Crippen LogP contribution in [-0.2, 0) is 9.53 Å². The summed E-state index contributed by atoms with van der Waals surface area (Å²) in [6, 6.07) is 6.84. The molecule has 1 atom stereocenters. The average Bonchev–Trinajstić information content (AvgIpc) is 2.15. The van der Waals surface area contributed by atoms with Crippen LogP contribution in [0.25, 0.3) is 0 Å². The Labute approximate surface area is 89.7 Å². The molecule has 0 aromatic heterocycles. The van der Waals surface area contributed by atoms with Crippen LogP contribution < -0.4 is 5.73 Å². The summed E-state index contributed by atoms with van der Waals surface area (Å²) in [5.74, 6) is -0.411. The summed E-state index contributed by atoms with van der Waals surface area (Å²) in [5.41, 5.74) is 7.51. The van der Waals surface area contributed by atoms with Gasteiger partial charge in [-0.3, -0.25) is 4.79 Å². The van der Waals surface area contributed by atoms with Gasteiger partial charge in [0.05, 0.1) is 7.11 Å². The lowest BCUT2D eigenvalue weighted by Crippen LogP contribution is -2.22. The van der Waals surface area contributed by atoms with Gasteiger partial charge in [-0.1, -0.05) is 29.8 Å². The molecule has 0 aliphatic rings. The predicted octanol–water partition coefficient (Wildman–Crippen LogP) is 1.59. The number of aryl methyl sites for hydroxylation is 1. The van der Waals surface area contributed by atoms with Crippen LogP contribution in [-0.4, -0.2) is 13.1 Å². The first kappa shape index (κ1) is 12.9. The highest BCUT2D eigenvalue weighted by atomic mass is 35.5. The van der Waals surface area contributed by atoms with E-state index in [2.05, 4.69) is 4.74 Å². The maximum atomic E-state index is 11.1. The summed E-state index contributed by atoms with van der Waals surface area (Å²) in [7, 11) is 1.33. The second-order valence-corrected chi connectivity index (χ2v) is 2.91. The van der Waals surface area contributed by atoms with Crippen molar-refractivity contribution < 1.29 is 9.53 Å². The largest absolute Gasteiger partial charge is 0.468 e. The summed E-state index contributed by atoms with van der Waals surface area (Å²) in [4.78, 5) is 11.1. The van der Waals surface area contributed by atoms with Crippen molar-refractivity contribution in [2.75, 3.05) is 7.11 Å². The standard InChI is InChI=1S/C10H13NO2.ClH/c1-7-4-3-5-8(6-7)9(11)10(12)13-2;/h3-6,9H,11H2,1-2H3;1H/t9-;/m1./s1. The number of rotatable bonds is 2. The number of nitrogens with two attached hydrogens (primary N) is 1. The van der Waals surface area contributed by atoms with Gasteiger partial charge in [-0.05, 0) is 12.5 Å².